The molecule has 3 aromatic carbocycles. The Labute approximate surface area is 235 Å². The first kappa shape index (κ1) is 30.0. The summed E-state index contributed by atoms with van der Waals surface area (Å²) < 4.78 is -0.262. The number of likely N-dealkylation sites (N-methyl/N-ethyl adjacent to an activating group) is 1. The topological polar surface area (TPSA) is 148 Å². The van der Waals surface area contributed by atoms with Gasteiger partial charge in [0.1, 0.15) is 5.92 Å². The third kappa shape index (κ3) is 8.25. The number of nitrogens with zero attached hydrogens (tertiary/aromatic N) is 1. The molecule has 210 valence electrons. The first-order chi connectivity index (χ1) is 19.2. The fourth-order valence-corrected chi connectivity index (χ4v) is 4.96. The molecule has 0 saturated carbocycles. The van der Waals surface area contributed by atoms with Crippen LogP contribution in [0.2, 0.25) is 0 Å². The summed E-state index contributed by atoms with van der Waals surface area (Å²) in [7, 11) is 1.76. The number of hydrogen-bond acceptors (Lipinski definition) is 5. The van der Waals surface area contributed by atoms with E-state index in [9.17, 15) is 19.5 Å². The number of carboxylic acid groups (broad SMARTS) is 1. The van der Waals surface area contributed by atoms with Crippen LogP contribution in [0.3, 0.4) is 0 Å². The zero-order chi connectivity index (χ0) is 29.0. The minimum atomic E-state index is -1.42. The van der Waals surface area contributed by atoms with Gasteiger partial charge >= 0.3 is 5.91 Å². The summed E-state index contributed by atoms with van der Waals surface area (Å²) in [4.78, 5) is 39.6. The lowest BCUT2D eigenvalue weighted by Crippen LogP contribution is -2.64. The molecule has 0 aliphatic heterocycles. The Kier molecular flexibility index (Phi) is 11.0. The molecule has 9 heteroatoms. The number of carbonyl (C=O) groups is 3. The van der Waals surface area contributed by atoms with Gasteiger partial charge in [-0.1, -0.05) is 91.0 Å². The quantitative estimate of drug-likeness (QED) is 0.105. The zero-order valence-electron chi connectivity index (χ0n) is 22.7. The summed E-state index contributed by atoms with van der Waals surface area (Å²) in [6, 6.07) is 27.7. The second-order valence-electron chi connectivity index (χ2n) is 9.91. The number of carboxylic acids is 1. The number of hydrogen-bond donors (Lipinski definition) is 4. The van der Waals surface area contributed by atoms with Crippen LogP contribution in [0.15, 0.2) is 91.0 Å². The third-order valence-electron chi connectivity index (χ3n) is 7.09. The van der Waals surface area contributed by atoms with Crippen LogP contribution in [0.5, 0.6) is 0 Å². The smallest absolute Gasteiger partial charge is 0.326 e. The average Bonchev–Trinajstić information content (AvgIpc) is 2.96. The molecule has 0 aliphatic carbocycles. The van der Waals surface area contributed by atoms with Gasteiger partial charge in [0.15, 0.2) is 12.0 Å². The molecule has 0 spiro atoms. The molecular formula is C31H37N5O4. The number of benzene rings is 3. The first-order valence-electron chi connectivity index (χ1n) is 13.3. The lowest BCUT2D eigenvalue weighted by Gasteiger charge is -2.40. The van der Waals surface area contributed by atoms with Gasteiger partial charge < -0.3 is 26.3 Å². The molecule has 40 heavy (non-hydrogen) atoms. The summed E-state index contributed by atoms with van der Waals surface area (Å²) in [5, 5.41) is 23.8. The Morgan fingerprint density at radius 1 is 0.875 bits per heavy atom. The fourth-order valence-electron chi connectivity index (χ4n) is 4.96. The second kappa shape index (κ2) is 14.6. The highest BCUT2D eigenvalue weighted by atomic mass is 16.4. The van der Waals surface area contributed by atoms with E-state index in [0.717, 1.165) is 16.7 Å². The SMILES string of the molecule is C[N@+](CCc1ccccc1)(C(=O)C(c1ccccc1)c1ccccc1)C(CCCNC(=N)N)C(=O)NCC(=O)[O-]. The third-order valence-corrected chi connectivity index (χ3v) is 7.09. The fraction of sp³-hybridized carbons (Fsp3) is 0.290. The molecule has 2 amide bonds. The van der Waals surface area contributed by atoms with Crippen LogP contribution in [0.1, 0.15) is 35.4 Å². The van der Waals surface area contributed by atoms with Crippen LogP contribution in [0.25, 0.3) is 0 Å². The van der Waals surface area contributed by atoms with Crippen molar-refractivity contribution in [2.24, 2.45) is 5.73 Å². The number of nitrogens with two attached hydrogens (primary N) is 1. The maximum atomic E-state index is 14.8. The molecule has 3 aromatic rings. The van der Waals surface area contributed by atoms with Crippen molar-refractivity contribution in [1.29, 1.82) is 5.41 Å². The van der Waals surface area contributed by atoms with Gasteiger partial charge in [-0.15, -0.1) is 0 Å². The number of amides is 2. The Bertz CT molecular complexity index is 1230. The Balaban J connectivity index is 2.08. The van der Waals surface area contributed by atoms with Crippen molar-refractivity contribution in [3.8, 4) is 0 Å². The van der Waals surface area contributed by atoms with Gasteiger partial charge in [0, 0.05) is 19.4 Å². The van der Waals surface area contributed by atoms with E-state index in [0.29, 0.717) is 25.9 Å². The lowest BCUT2D eigenvalue weighted by atomic mass is 9.87. The molecule has 9 nitrogen and oxygen atoms in total. The Morgan fingerprint density at radius 2 is 1.40 bits per heavy atom. The molecule has 5 N–H and O–H groups in total. The minimum Gasteiger partial charge on any atom is -0.548 e. The first-order valence-corrected chi connectivity index (χ1v) is 13.3. The van der Waals surface area contributed by atoms with E-state index in [4.69, 9.17) is 11.1 Å². The summed E-state index contributed by atoms with van der Waals surface area (Å²) in [5.74, 6) is -2.99. The van der Waals surface area contributed by atoms with Gasteiger partial charge in [-0.05, 0) is 23.1 Å². The molecule has 2 atom stereocenters. The summed E-state index contributed by atoms with van der Waals surface area (Å²) in [6.07, 6.45) is 1.21. The largest absolute Gasteiger partial charge is 0.548 e. The molecule has 0 heterocycles. The highest BCUT2D eigenvalue weighted by molar-refractivity contribution is 5.88. The van der Waals surface area contributed by atoms with Gasteiger partial charge in [0.25, 0.3) is 5.91 Å². The van der Waals surface area contributed by atoms with E-state index >= 15 is 0 Å². The maximum absolute atomic E-state index is 14.8. The van der Waals surface area contributed by atoms with Crippen LogP contribution in [0, 0.1) is 5.41 Å². The van der Waals surface area contributed by atoms with E-state index in [2.05, 4.69) is 10.6 Å². The average molecular weight is 544 g/mol. The molecule has 1 unspecified atom stereocenters. The van der Waals surface area contributed by atoms with Gasteiger partial charge in [-0.25, -0.2) is 4.79 Å². The van der Waals surface area contributed by atoms with Crippen molar-refractivity contribution in [3.63, 3.8) is 0 Å². The minimum absolute atomic E-state index is 0.179. The van der Waals surface area contributed by atoms with Crippen LogP contribution in [-0.2, 0) is 20.8 Å². The van der Waals surface area contributed by atoms with Crippen LogP contribution in [-0.4, -0.2) is 61.0 Å². The van der Waals surface area contributed by atoms with Crippen molar-refractivity contribution in [2.75, 3.05) is 26.7 Å². The van der Waals surface area contributed by atoms with E-state index in [-0.39, 0.29) is 22.8 Å². The predicted octanol–water partition coefficient (Wildman–Crippen LogP) is 1.53. The zero-order valence-corrected chi connectivity index (χ0v) is 22.7. The summed E-state index contributed by atoms with van der Waals surface area (Å²) >= 11 is 0. The molecular weight excluding hydrogens is 506 g/mol. The number of aliphatic carboxylic acids is 1. The van der Waals surface area contributed by atoms with E-state index < -0.39 is 30.4 Å². The van der Waals surface area contributed by atoms with Gasteiger partial charge in [-0.3, -0.25) is 14.7 Å². The highest BCUT2D eigenvalue weighted by Gasteiger charge is 2.47. The van der Waals surface area contributed by atoms with E-state index in [1.165, 1.54) is 0 Å². The highest BCUT2D eigenvalue weighted by Crippen LogP contribution is 2.32. The molecule has 0 bridgehead atoms. The predicted molar refractivity (Wildman–Crippen MR) is 152 cm³/mol. The van der Waals surface area contributed by atoms with Crippen molar-refractivity contribution in [2.45, 2.75) is 31.2 Å². The molecule has 3 rings (SSSR count). The van der Waals surface area contributed by atoms with E-state index in [1.54, 1.807) is 7.05 Å². The Morgan fingerprint density at radius 3 is 1.90 bits per heavy atom. The van der Waals surface area contributed by atoms with Crippen molar-refractivity contribution < 1.29 is 24.0 Å². The van der Waals surface area contributed by atoms with Crippen molar-refractivity contribution in [1.82, 2.24) is 10.6 Å². The number of rotatable bonds is 14. The standard InChI is InChI=1S/C31H37N5O4/c1-36(21-19-23-12-5-2-6-13-23,26(18-11-20-34-31(32)33)29(39)35-22-27(37)38)30(40)28(24-14-7-3-8-15-24)25-16-9-4-10-17-25/h2-10,12-17,26,28H,11,18-22H2,1H3,(H5-,32,33,34,35,37,38,39)/t26?,36-/m1/s1. The molecule has 0 saturated heterocycles. The molecule has 0 radical (unpaired) electrons. The van der Waals surface area contributed by atoms with Gasteiger partial charge in [0.05, 0.1) is 26.1 Å². The molecule has 0 fully saturated rings. The monoisotopic (exact) mass is 543 g/mol. The molecule has 0 aromatic heterocycles. The van der Waals surface area contributed by atoms with Gasteiger partial charge in [-0.2, -0.15) is 0 Å². The summed E-state index contributed by atoms with van der Waals surface area (Å²) in [6.45, 7) is -0.0233. The summed E-state index contributed by atoms with van der Waals surface area (Å²) in [5.41, 5.74) is 8.05. The van der Waals surface area contributed by atoms with Crippen molar-refractivity contribution in [3.05, 3.63) is 108 Å². The maximum Gasteiger partial charge on any atom is 0.326 e. The number of quaternary nitrogens is 1. The second-order valence-corrected chi connectivity index (χ2v) is 9.91. The molecule has 0 aliphatic rings. The number of carbonyl (C=O) groups excluding carboxylic acids is 3. The van der Waals surface area contributed by atoms with Crippen LogP contribution < -0.4 is 21.5 Å². The Hall–Kier alpha value is -4.50. The number of guanidine groups is 1. The van der Waals surface area contributed by atoms with Crippen LogP contribution in [0.4, 0.5) is 0 Å². The van der Waals surface area contributed by atoms with Gasteiger partial charge in [0.2, 0.25) is 0 Å². The van der Waals surface area contributed by atoms with Crippen molar-refractivity contribution >= 4 is 23.7 Å². The lowest BCUT2D eigenvalue weighted by molar-refractivity contribution is -0.851. The number of nitrogens with one attached hydrogen (secondary N) is 3. The van der Waals surface area contributed by atoms with E-state index in [1.807, 2.05) is 91.0 Å². The normalized spacial score (nSPS) is 13.2. The van der Waals surface area contributed by atoms with Crippen LogP contribution >= 0.6 is 0 Å².